The molecule has 1 heterocycles. The minimum atomic E-state index is -0.414. The van der Waals surface area contributed by atoms with Crippen molar-refractivity contribution in [1.29, 1.82) is 0 Å². The van der Waals surface area contributed by atoms with Crippen LogP contribution in [0.1, 0.15) is 11.4 Å². The van der Waals surface area contributed by atoms with E-state index < -0.39 is 4.92 Å². The molecule has 0 saturated heterocycles. The SMILES string of the molecule is CNCCCc1nnc(-c2cc(Br)cc([N+](=O)[O-])c2)s1. The maximum Gasteiger partial charge on any atom is 0.271 e. The zero-order valence-corrected chi connectivity index (χ0v) is 13.2. The predicted molar refractivity (Wildman–Crippen MR) is 81.9 cm³/mol. The van der Waals surface area contributed by atoms with Crippen molar-refractivity contribution in [1.82, 2.24) is 15.5 Å². The van der Waals surface area contributed by atoms with E-state index in [0.717, 1.165) is 24.4 Å². The first-order chi connectivity index (χ1) is 9.60. The molecule has 2 aromatic rings. The van der Waals surface area contributed by atoms with Crippen molar-refractivity contribution in [3.63, 3.8) is 0 Å². The third-order valence-electron chi connectivity index (χ3n) is 2.62. The molecule has 0 amide bonds. The molecule has 106 valence electrons. The van der Waals surface area contributed by atoms with Crippen LogP contribution in [0.15, 0.2) is 22.7 Å². The number of non-ortho nitro benzene ring substituents is 1. The summed E-state index contributed by atoms with van der Waals surface area (Å²) in [6, 6.07) is 4.80. The lowest BCUT2D eigenvalue weighted by atomic mass is 10.2. The summed E-state index contributed by atoms with van der Waals surface area (Å²) in [6.07, 6.45) is 1.85. The van der Waals surface area contributed by atoms with Crippen molar-refractivity contribution < 1.29 is 4.92 Å². The number of nitrogens with zero attached hydrogens (tertiary/aromatic N) is 3. The van der Waals surface area contributed by atoms with Gasteiger partial charge in [0, 0.05) is 28.6 Å². The lowest BCUT2D eigenvalue weighted by molar-refractivity contribution is -0.384. The van der Waals surface area contributed by atoms with E-state index in [1.54, 1.807) is 0 Å². The van der Waals surface area contributed by atoms with Gasteiger partial charge in [0.15, 0.2) is 0 Å². The van der Waals surface area contributed by atoms with Gasteiger partial charge in [-0.15, -0.1) is 10.2 Å². The second kappa shape index (κ2) is 6.87. The van der Waals surface area contributed by atoms with Gasteiger partial charge in [-0.25, -0.2) is 0 Å². The highest BCUT2D eigenvalue weighted by Gasteiger charge is 2.13. The monoisotopic (exact) mass is 356 g/mol. The molecule has 2 rings (SSSR count). The van der Waals surface area contributed by atoms with E-state index in [2.05, 4.69) is 31.4 Å². The number of halogens is 1. The summed E-state index contributed by atoms with van der Waals surface area (Å²) < 4.78 is 0.661. The molecule has 1 aromatic carbocycles. The lowest BCUT2D eigenvalue weighted by Crippen LogP contribution is -2.08. The smallest absolute Gasteiger partial charge is 0.271 e. The van der Waals surface area contributed by atoms with Crippen molar-refractivity contribution in [2.45, 2.75) is 12.8 Å². The molecule has 0 bridgehead atoms. The van der Waals surface area contributed by atoms with Gasteiger partial charge in [0.25, 0.3) is 5.69 Å². The standard InChI is InChI=1S/C12H13BrN4O2S/c1-14-4-2-3-11-15-16-12(20-11)8-5-9(13)7-10(6-8)17(18)19/h5-7,14H,2-4H2,1H3. The van der Waals surface area contributed by atoms with E-state index in [0.29, 0.717) is 15.0 Å². The molecular weight excluding hydrogens is 344 g/mol. The number of rotatable bonds is 6. The van der Waals surface area contributed by atoms with Crippen LogP contribution in [0.25, 0.3) is 10.6 Å². The Morgan fingerprint density at radius 2 is 2.20 bits per heavy atom. The molecule has 8 heteroatoms. The maximum absolute atomic E-state index is 10.9. The Labute approximate surface area is 128 Å². The van der Waals surface area contributed by atoms with Gasteiger partial charge in [-0.3, -0.25) is 10.1 Å². The van der Waals surface area contributed by atoms with Gasteiger partial charge >= 0.3 is 0 Å². The van der Waals surface area contributed by atoms with Crippen molar-refractivity contribution in [2.75, 3.05) is 13.6 Å². The average molecular weight is 357 g/mol. The second-order valence-electron chi connectivity index (χ2n) is 4.16. The molecular formula is C12H13BrN4O2S. The Balaban J connectivity index is 2.21. The van der Waals surface area contributed by atoms with Crippen LogP contribution in [0.4, 0.5) is 5.69 Å². The first kappa shape index (κ1) is 15.0. The van der Waals surface area contributed by atoms with Crippen molar-refractivity contribution in [3.8, 4) is 10.6 Å². The largest absolute Gasteiger partial charge is 0.320 e. The van der Waals surface area contributed by atoms with Crippen molar-refractivity contribution >= 4 is 33.0 Å². The fourth-order valence-electron chi connectivity index (χ4n) is 1.69. The summed E-state index contributed by atoms with van der Waals surface area (Å²) in [6.45, 7) is 0.928. The Kier molecular flexibility index (Phi) is 5.16. The highest BCUT2D eigenvalue weighted by Crippen LogP contribution is 2.30. The van der Waals surface area contributed by atoms with Crippen molar-refractivity contribution in [2.24, 2.45) is 0 Å². The molecule has 0 aliphatic carbocycles. The Morgan fingerprint density at radius 3 is 2.90 bits per heavy atom. The number of aromatic nitrogens is 2. The summed E-state index contributed by atoms with van der Waals surface area (Å²) in [5, 5.41) is 23.8. The van der Waals surface area contributed by atoms with E-state index in [9.17, 15) is 10.1 Å². The molecule has 0 aliphatic rings. The van der Waals surface area contributed by atoms with Crippen LogP contribution in [0.5, 0.6) is 0 Å². The molecule has 0 fully saturated rings. The van der Waals surface area contributed by atoms with Crippen molar-refractivity contribution in [3.05, 3.63) is 37.8 Å². The molecule has 1 N–H and O–H groups in total. The molecule has 1 aromatic heterocycles. The van der Waals surface area contributed by atoms with Gasteiger partial charge in [0.2, 0.25) is 0 Å². The Bertz CT molecular complexity index is 617. The van der Waals surface area contributed by atoms with Crippen LogP contribution in [0, 0.1) is 10.1 Å². The molecule has 0 radical (unpaired) electrons. The van der Waals surface area contributed by atoms with Gasteiger partial charge in [-0.2, -0.15) is 0 Å². The number of hydrogen-bond donors (Lipinski definition) is 1. The number of hydrogen-bond acceptors (Lipinski definition) is 6. The average Bonchev–Trinajstić information content (AvgIpc) is 2.87. The highest BCUT2D eigenvalue weighted by atomic mass is 79.9. The van der Waals surface area contributed by atoms with Crippen LogP contribution < -0.4 is 5.32 Å². The number of nitrogens with one attached hydrogen (secondary N) is 1. The van der Waals surface area contributed by atoms with E-state index >= 15 is 0 Å². The first-order valence-corrected chi connectivity index (χ1v) is 7.63. The lowest BCUT2D eigenvalue weighted by Gasteiger charge is -1.98. The number of nitro benzene ring substituents is 1. The third kappa shape index (κ3) is 3.81. The van der Waals surface area contributed by atoms with Crippen LogP contribution in [0.2, 0.25) is 0 Å². The summed E-state index contributed by atoms with van der Waals surface area (Å²) in [4.78, 5) is 10.4. The zero-order valence-electron chi connectivity index (χ0n) is 10.8. The third-order valence-corrected chi connectivity index (χ3v) is 4.11. The van der Waals surface area contributed by atoms with E-state index in [4.69, 9.17) is 0 Å². The minimum absolute atomic E-state index is 0.0429. The molecule has 6 nitrogen and oxygen atoms in total. The Morgan fingerprint density at radius 1 is 1.40 bits per heavy atom. The fourth-order valence-corrected chi connectivity index (χ4v) is 3.04. The highest BCUT2D eigenvalue weighted by molar-refractivity contribution is 9.10. The predicted octanol–water partition coefficient (Wildman–Crippen LogP) is 3.03. The summed E-state index contributed by atoms with van der Waals surface area (Å²) in [5.41, 5.74) is 0.754. The fraction of sp³-hybridized carbons (Fsp3) is 0.333. The van der Waals surface area contributed by atoms with Crippen LogP contribution >= 0.6 is 27.3 Å². The summed E-state index contributed by atoms with van der Waals surface area (Å²) in [7, 11) is 1.91. The summed E-state index contributed by atoms with van der Waals surface area (Å²) in [5.74, 6) is 0. The first-order valence-electron chi connectivity index (χ1n) is 6.02. The Hall–Kier alpha value is -1.38. The summed E-state index contributed by atoms with van der Waals surface area (Å²) >= 11 is 4.75. The van der Waals surface area contributed by atoms with Gasteiger partial charge in [0.05, 0.1) is 4.92 Å². The van der Waals surface area contributed by atoms with Crippen LogP contribution in [0.3, 0.4) is 0 Å². The van der Waals surface area contributed by atoms with E-state index in [-0.39, 0.29) is 5.69 Å². The molecule has 20 heavy (non-hydrogen) atoms. The number of aryl methyl sites for hydroxylation is 1. The molecule has 0 saturated carbocycles. The van der Waals surface area contributed by atoms with Crippen LogP contribution in [-0.4, -0.2) is 28.7 Å². The second-order valence-corrected chi connectivity index (χ2v) is 6.14. The van der Waals surface area contributed by atoms with Gasteiger partial charge < -0.3 is 5.32 Å². The molecule has 0 unspecified atom stereocenters. The zero-order chi connectivity index (χ0) is 14.5. The van der Waals surface area contributed by atoms with Gasteiger partial charge in [-0.05, 0) is 26.1 Å². The topological polar surface area (TPSA) is 81.0 Å². The minimum Gasteiger partial charge on any atom is -0.320 e. The quantitative estimate of drug-likeness (QED) is 0.488. The van der Waals surface area contributed by atoms with Crippen LogP contribution in [-0.2, 0) is 6.42 Å². The normalized spacial score (nSPS) is 10.7. The van der Waals surface area contributed by atoms with E-state index in [1.807, 2.05) is 13.1 Å². The van der Waals surface area contributed by atoms with Gasteiger partial charge in [-0.1, -0.05) is 27.3 Å². The number of nitro groups is 1. The molecule has 0 spiro atoms. The maximum atomic E-state index is 10.9. The number of benzene rings is 1. The van der Waals surface area contributed by atoms with E-state index in [1.165, 1.54) is 23.5 Å². The molecule has 0 atom stereocenters. The molecule has 0 aliphatic heterocycles. The van der Waals surface area contributed by atoms with Gasteiger partial charge in [0.1, 0.15) is 10.0 Å².